The molecule has 0 bridgehead atoms. The molecule has 2 atom stereocenters. The maximum atomic E-state index is 11.9. The maximum Gasteiger partial charge on any atom is 0.407 e. The zero-order valence-corrected chi connectivity index (χ0v) is 21.2. The number of nitrogens with one attached hydrogen (secondary N) is 1. The molecule has 0 saturated carbocycles. The number of ether oxygens (including phenoxy) is 2. The molecule has 0 spiro atoms. The second kappa shape index (κ2) is 10.6. The average molecular weight is 440 g/mol. The van der Waals surface area contributed by atoms with Gasteiger partial charge in [0, 0.05) is 6.42 Å². The van der Waals surface area contributed by atoms with Gasteiger partial charge in [-0.05, 0) is 57.5 Å². The highest BCUT2D eigenvalue weighted by Gasteiger charge is 2.36. The molecule has 1 rings (SSSR count). The Labute approximate surface area is 183 Å². The molecule has 0 heterocycles. The minimum atomic E-state index is -1.80. The van der Waals surface area contributed by atoms with Crippen LogP contribution in [0.5, 0.6) is 5.75 Å². The first-order valence-corrected chi connectivity index (χ1v) is 13.6. The van der Waals surface area contributed by atoms with E-state index >= 15 is 0 Å². The van der Waals surface area contributed by atoms with Crippen LogP contribution >= 0.6 is 0 Å². The molecular weight excluding hydrogens is 398 g/mol. The van der Waals surface area contributed by atoms with Gasteiger partial charge in [-0.25, -0.2) is 4.79 Å². The number of hydrogen-bond donors (Lipinski definition) is 2. The van der Waals surface area contributed by atoms with Gasteiger partial charge in [0.05, 0.1) is 18.8 Å². The molecule has 0 unspecified atom stereocenters. The lowest BCUT2D eigenvalue weighted by atomic mass is 10.0. The van der Waals surface area contributed by atoms with Crippen molar-refractivity contribution in [3.63, 3.8) is 0 Å². The van der Waals surface area contributed by atoms with E-state index < -0.39 is 32.2 Å². The van der Waals surface area contributed by atoms with Crippen molar-refractivity contribution in [1.82, 2.24) is 5.32 Å². The fourth-order valence-corrected chi connectivity index (χ4v) is 3.50. The number of carbonyl (C=O) groups is 1. The second-order valence-corrected chi connectivity index (χ2v) is 15.1. The van der Waals surface area contributed by atoms with Crippen LogP contribution in [0.4, 0.5) is 4.79 Å². The average Bonchev–Trinajstić information content (AvgIpc) is 2.57. The topological polar surface area (TPSA) is 77.0 Å². The van der Waals surface area contributed by atoms with Gasteiger partial charge in [-0.1, -0.05) is 39.0 Å². The van der Waals surface area contributed by atoms with E-state index in [2.05, 4.69) is 39.2 Å². The van der Waals surface area contributed by atoms with Crippen molar-refractivity contribution in [1.29, 1.82) is 0 Å². The Morgan fingerprint density at radius 3 is 2.27 bits per heavy atom. The third-order valence-electron chi connectivity index (χ3n) is 5.33. The molecule has 2 N–H and O–H groups in total. The Kier molecular flexibility index (Phi) is 9.39. The predicted octanol–water partition coefficient (Wildman–Crippen LogP) is 4.90. The Bertz CT molecular complexity index is 679. The maximum absolute atomic E-state index is 11.9. The molecule has 0 aliphatic carbocycles. The highest BCUT2D eigenvalue weighted by molar-refractivity contribution is 6.74. The molecule has 7 heteroatoms. The molecule has 0 saturated heterocycles. The van der Waals surface area contributed by atoms with Crippen molar-refractivity contribution in [3.05, 3.63) is 29.8 Å². The Morgan fingerprint density at radius 1 is 1.10 bits per heavy atom. The molecule has 0 aromatic heterocycles. The van der Waals surface area contributed by atoms with Crippen LogP contribution in [0.1, 0.15) is 54.0 Å². The van der Waals surface area contributed by atoms with Gasteiger partial charge >= 0.3 is 6.09 Å². The van der Waals surface area contributed by atoms with Crippen LogP contribution in [0.25, 0.3) is 0 Å². The number of benzene rings is 1. The SMILES string of the molecule is C[C@@H](NC(=O)OC(C)(C)C)[C@@H](O)Cc1ccccc1OCCO[Si](C)(C)C(C)(C)C. The smallest absolute Gasteiger partial charge is 0.407 e. The summed E-state index contributed by atoms with van der Waals surface area (Å²) in [7, 11) is -1.80. The van der Waals surface area contributed by atoms with Gasteiger partial charge < -0.3 is 24.3 Å². The summed E-state index contributed by atoms with van der Waals surface area (Å²) >= 11 is 0. The molecule has 0 radical (unpaired) electrons. The zero-order valence-electron chi connectivity index (χ0n) is 20.2. The van der Waals surface area contributed by atoms with Crippen molar-refractivity contribution < 1.29 is 23.8 Å². The minimum absolute atomic E-state index is 0.159. The Hall–Kier alpha value is -1.57. The van der Waals surface area contributed by atoms with E-state index in [0.29, 0.717) is 19.6 Å². The van der Waals surface area contributed by atoms with E-state index in [1.54, 1.807) is 27.7 Å². The fourth-order valence-electron chi connectivity index (χ4n) is 2.47. The molecule has 1 amide bonds. The minimum Gasteiger partial charge on any atom is -0.491 e. The van der Waals surface area contributed by atoms with Gasteiger partial charge in [0.2, 0.25) is 0 Å². The van der Waals surface area contributed by atoms with Gasteiger partial charge in [0.15, 0.2) is 8.32 Å². The summed E-state index contributed by atoms with van der Waals surface area (Å²) in [5.74, 6) is 0.722. The quantitative estimate of drug-likeness (QED) is 0.422. The molecule has 30 heavy (non-hydrogen) atoms. The van der Waals surface area contributed by atoms with Crippen molar-refractivity contribution in [2.24, 2.45) is 0 Å². The zero-order chi connectivity index (χ0) is 23.2. The number of para-hydroxylation sites is 1. The number of amides is 1. The summed E-state index contributed by atoms with van der Waals surface area (Å²) < 4.78 is 17.4. The lowest BCUT2D eigenvalue weighted by Crippen LogP contribution is -2.44. The van der Waals surface area contributed by atoms with Gasteiger partial charge in [-0.3, -0.25) is 0 Å². The third-order valence-corrected chi connectivity index (χ3v) is 9.87. The number of carbonyl (C=O) groups excluding carboxylic acids is 1. The number of aliphatic hydroxyl groups is 1. The van der Waals surface area contributed by atoms with Crippen LogP contribution in [0.15, 0.2) is 24.3 Å². The van der Waals surface area contributed by atoms with Gasteiger partial charge in [0.1, 0.15) is 18.0 Å². The Morgan fingerprint density at radius 2 is 1.70 bits per heavy atom. The van der Waals surface area contributed by atoms with Crippen LogP contribution < -0.4 is 10.1 Å². The summed E-state index contributed by atoms with van der Waals surface area (Å²) in [6.07, 6.45) is -0.955. The molecule has 1 aromatic carbocycles. The first-order chi connectivity index (χ1) is 13.6. The van der Waals surface area contributed by atoms with E-state index in [9.17, 15) is 9.90 Å². The summed E-state index contributed by atoms with van der Waals surface area (Å²) in [5.41, 5.74) is 0.303. The highest BCUT2D eigenvalue weighted by Crippen LogP contribution is 2.36. The first-order valence-electron chi connectivity index (χ1n) is 10.6. The molecule has 0 aliphatic rings. The molecule has 1 aromatic rings. The molecule has 6 nitrogen and oxygen atoms in total. The van der Waals surface area contributed by atoms with Gasteiger partial charge in [-0.15, -0.1) is 0 Å². The summed E-state index contributed by atoms with van der Waals surface area (Å²) in [6, 6.07) is 7.16. The standard InChI is InChI=1S/C23H41NO5Si/c1-17(24-21(26)29-22(2,3)4)19(25)16-18-12-10-11-13-20(18)27-14-15-28-30(8,9)23(5,6)7/h10-13,17,19,25H,14-16H2,1-9H3,(H,24,26)/t17-,19+/m1/s1. The van der Waals surface area contributed by atoms with Crippen LogP contribution in [-0.2, 0) is 15.6 Å². The van der Waals surface area contributed by atoms with Crippen LogP contribution in [0.3, 0.4) is 0 Å². The largest absolute Gasteiger partial charge is 0.491 e. The van der Waals surface area contributed by atoms with E-state index in [1.165, 1.54) is 0 Å². The summed E-state index contributed by atoms with van der Waals surface area (Å²) in [6.45, 7) is 19.2. The lowest BCUT2D eigenvalue weighted by molar-refractivity contribution is 0.0436. The van der Waals surface area contributed by atoms with Crippen LogP contribution in [0, 0.1) is 0 Å². The van der Waals surface area contributed by atoms with E-state index in [4.69, 9.17) is 13.9 Å². The second-order valence-electron chi connectivity index (χ2n) is 10.3. The van der Waals surface area contributed by atoms with Gasteiger partial charge in [0.25, 0.3) is 0 Å². The third kappa shape index (κ3) is 9.06. The molecule has 172 valence electrons. The van der Waals surface area contributed by atoms with Crippen LogP contribution in [-0.4, -0.2) is 50.5 Å². The van der Waals surface area contributed by atoms with Crippen LogP contribution in [0.2, 0.25) is 18.1 Å². The van der Waals surface area contributed by atoms with Crippen molar-refractivity contribution in [2.45, 2.75) is 90.8 Å². The number of alkyl carbamates (subject to hydrolysis) is 1. The van der Waals surface area contributed by atoms with Gasteiger partial charge in [-0.2, -0.15) is 0 Å². The number of aliphatic hydroxyl groups excluding tert-OH is 1. The van der Waals surface area contributed by atoms with Crippen molar-refractivity contribution in [2.75, 3.05) is 13.2 Å². The molecular formula is C23H41NO5Si. The summed E-state index contributed by atoms with van der Waals surface area (Å²) in [5, 5.41) is 13.4. The summed E-state index contributed by atoms with van der Waals surface area (Å²) in [4.78, 5) is 11.9. The molecule has 0 fully saturated rings. The van der Waals surface area contributed by atoms with E-state index in [-0.39, 0.29) is 5.04 Å². The Balaban J connectivity index is 2.61. The number of rotatable bonds is 9. The van der Waals surface area contributed by atoms with E-state index in [1.807, 2.05) is 24.3 Å². The normalized spacial score (nSPS) is 14.7. The van der Waals surface area contributed by atoms with Crippen molar-refractivity contribution >= 4 is 14.4 Å². The van der Waals surface area contributed by atoms with E-state index in [0.717, 1.165) is 11.3 Å². The highest BCUT2D eigenvalue weighted by atomic mass is 28.4. The lowest BCUT2D eigenvalue weighted by Gasteiger charge is -2.36. The number of hydrogen-bond acceptors (Lipinski definition) is 5. The monoisotopic (exact) mass is 439 g/mol. The predicted molar refractivity (Wildman–Crippen MR) is 124 cm³/mol. The van der Waals surface area contributed by atoms with Crippen molar-refractivity contribution in [3.8, 4) is 5.75 Å². The molecule has 0 aliphatic heterocycles. The first kappa shape index (κ1) is 26.5. The fraction of sp³-hybridized carbons (Fsp3) is 0.696.